The first-order valence-corrected chi connectivity index (χ1v) is 9.24. The van der Waals surface area contributed by atoms with E-state index >= 15 is 0 Å². The van der Waals surface area contributed by atoms with Crippen LogP contribution in [0.15, 0.2) is 59.4 Å². The molecule has 0 saturated carbocycles. The highest BCUT2D eigenvalue weighted by molar-refractivity contribution is 5.93. The van der Waals surface area contributed by atoms with Gasteiger partial charge >= 0.3 is 0 Å². The fourth-order valence-electron chi connectivity index (χ4n) is 3.37. The number of carbonyl (C=O) groups excluding carboxylic acids is 1. The number of carbonyl (C=O) groups is 1. The van der Waals surface area contributed by atoms with Gasteiger partial charge in [-0.05, 0) is 36.1 Å². The summed E-state index contributed by atoms with van der Waals surface area (Å²) in [5.74, 6) is 0.332. The maximum Gasteiger partial charge on any atom is 0.273 e. The Hall–Kier alpha value is -2.99. The molecule has 138 valence electrons. The molecular formula is C21H22N4O2. The Morgan fingerprint density at radius 3 is 2.93 bits per heavy atom. The van der Waals surface area contributed by atoms with E-state index in [4.69, 9.17) is 4.52 Å². The van der Waals surface area contributed by atoms with Gasteiger partial charge in [-0.15, -0.1) is 0 Å². The molecular weight excluding hydrogens is 340 g/mol. The summed E-state index contributed by atoms with van der Waals surface area (Å²) >= 11 is 0. The summed E-state index contributed by atoms with van der Waals surface area (Å²) in [7, 11) is 0. The van der Waals surface area contributed by atoms with Gasteiger partial charge < -0.3 is 9.84 Å². The summed E-state index contributed by atoms with van der Waals surface area (Å²) in [6, 6.07) is 13.9. The first-order valence-electron chi connectivity index (χ1n) is 9.24. The van der Waals surface area contributed by atoms with E-state index in [0.29, 0.717) is 18.0 Å². The molecule has 4 rings (SSSR count). The van der Waals surface area contributed by atoms with Crippen LogP contribution in [0.5, 0.6) is 0 Å². The second-order valence-corrected chi connectivity index (χ2v) is 6.72. The fourth-order valence-corrected chi connectivity index (χ4v) is 3.37. The van der Waals surface area contributed by atoms with Crippen molar-refractivity contribution in [2.24, 2.45) is 0 Å². The van der Waals surface area contributed by atoms with E-state index in [-0.39, 0.29) is 5.91 Å². The second kappa shape index (κ2) is 8.14. The van der Waals surface area contributed by atoms with E-state index in [1.807, 2.05) is 12.1 Å². The number of fused-ring (bicyclic) bond motifs is 1. The maximum absolute atomic E-state index is 12.2. The molecule has 0 fully saturated rings. The van der Waals surface area contributed by atoms with Gasteiger partial charge in [-0.2, -0.15) is 0 Å². The summed E-state index contributed by atoms with van der Waals surface area (Å²) in [5, 5.41) is 6.78. The number of benzene rings is 1. The van der Waals surface area contributed by atoms with Crippen LogP contribution >= 0.6 is 0 Å². The van der Waals surface area contributed by atoms with Crippen molar-refractivity contribution in [3.8, 4) is 11.3 Å². The Balaban J connectivity index is 1.23. The van der Waals surface area contributed by atoms with E-state index in [1.54, 1.807) is 18.5 Å². The van der Waals surface area contributed by atoms with Crippen LogP contribution in [-0.2, 0) is 13.0 Å². The van der Waals surface area contributed by atoms with Gasteiger partial charge in [0.15, 0.2) is 11.5 Å². The van der Waals surface area contributed by atoms with E-state index < -0.39 is 0 Å². The number of aromatic nitrogens is 2. The zero-order chi connectivity index (χ0) is 18.5. The van der Waals surface area contributed by atoms with Crippen molar-refractivity contribution in [1.82, 2.24) is 20.4 Å². The molecule has 0 spiro atoms. The minimum Gasteiger partial charge on any atom is -0.355 e. The average molecular weight is 362 g/mol. The molecule has 1 N–H and O–H groups in total. The van der Waals surface area contributed by atoms with Gasteiger partial charge in [0.25, 0.3) is 5.91 Å². The third kappa shape index (κ3) is 4.23. The monoisotopic (exact) mass is 362 g/mol. The molecule has 1 aromatic carbocycles. The molecule has 2 aromatic heterocycles. The highest BCUT2D eigenvalue weighted by Gasteiger charge is 2.16. The normalized spacial score (nSPS) is 13.9. The van der Waals surface area contributed by atoms with Crippen LogP contribution in [0.4, 0.5) is 0 Å². The van der Waals surface area contributed by atoms with Crippen LogP contribution in [0.1, 0.15) is 28.0 Å². The number of nitrogens with zero attached hydrogens (tertiary/aromatic N) is 3. The number of rotatable bonds is 6. The number of amides is 1. The van der Waals surface area contributed by atoms with Crippen molar-refractivity contribution in [3.63, 3.8) is 0 Å². The van der Waals surface area contributed by atoms with Crippen molar-refractivity contribution in [2.45, 2.75) is 19.4 Å². The maximum atomic E-state index is 12.2. The zero-order valence-corrected chi connectivity index (χ0v) is 15.1. The summed E-state index contributed by atoms with van der Waals surface area (Å²) in [4.78, 5) is 18.7. The third-order valence-electron chi connectivity index (χ3n) is 4.84. The lowest BCUT2D eigenvalue weighted by Gasteiger charge is -2.28. The lowest BCUT2D eigenvalue weighted by molar-refractivity contribution is 0.0942. The number of hydrogen-bond acceptors (Lipinski definition) is 5. The molecule has 0 radical (unpaired) electrons. The molecule has 3 heterocycles. The standard InChI is InChI=1S/C21H22N4O2/c26-21(19-13-20(27-24-19)17-7-3-9-22-14-17)23-10-4-11-25-12-8-16-5-1-2-6-18(16)15-25/h1-3,5-7,9,13-14H,4,8,10-12,15H2,(H,23,26). The van der Waals surface area contributed by atoms with Gasteiger partial charge in [-0.25, -0.2) is 0 Å². The molecule has 0 unspecified atom stereocenters. The highest BCUT2D eigenvalue weighted by atomic mass is 16.5. The Bertz CT molecular complexity index is 907. The Kier molecular flexibility index (Phi) is 5.25. The molecule has 1 aliphatic rings. The SMILES string of the molecule is O=C(NCCCN1CCc2ccccc2C1)c1cc(-c2cccnc2)on1. The minimum absolute atomic E-state index is 0.210. The van der Waals surface area contributed by atoms with Crippen LogP contribution in [0, 0.1) is 0 Å². The lowest BCUT2D eigenvalue weighted by atomic mass is 10.00. The van der Waals surface area contributed by atoms with Gasteiger partial charge in [-0.3, -0.25) is 14.7 Å². The quantitative estimate of drug-likeness (QED) is 0.683. The smallest absolute Gasteiger partial charge is 0.273 e. The molecule has 1 aliphatic heterocycles. The zero-order valence-electron chi connectivity index (χ0n) is 15.1. The first kappa shape index (κ1) is 17.4. The largest absolute Gasteiger partial charge is 0.355 e. The van der Waals surface area contributed by atoms with Crippen LogP contribution in [0.25, 0.3) is 11.3 Å². The van der Waals surface area contributed by atoms with E-state index in [0.717, 1.165) is 38.0 Å². The van der Waals surface area contributed by atoms with Gasteiger partial charge in [0.05, 0.1) is 0 Å². The van der Waals surface area contributed by atoms with Crippen molar-refractivity contribution in [2.75, 3.05) is 19.6 Å². The topological polar surface area (TPSA) is 71.3 Å². The van der Waals surface area contributed by atoms with E-state index in [2.05, 4.69) is 44.6 Å². The van der Waals surface area contributed by atoms with Gasteiger partial charge in [0.1, 0.15) is 0 Å². The molecule has 27 heavy (non-hydrogen) atoms. The molecule has 0 saturated heterocycles. The molecule has 6 nitrogen and oxygen atoms in total. The molecule has 0 aliphatic carbocycles. The lowest BCUT2D eigenvalue weighted by Crippen LogP contribution is -2.33. The number of nitrogens with one attached hydrogen (secondary N) is 1. The third-order valence-corrected chi connectivity index (χ3v) is 4.84. The van der Waals surface area contributed by atoms with Gasteiger partial charge in [0.2, 0.25) is 0 Å². The molecule has 6 heteroatoms. The highest BCUT2D eigenvalue weighted by Crippen LogP contribution is 2.19. The van der Waals surface area contributed by atoms with Crippen molar-refractivity contribution < 1.29 is 9.32 Å². The number of pyridine rings is 1. The number of hydrogen-bond donors (Lipinski definition) is 1. The van der Waals surface area contributed by atoms with Crippen LogP contribution < -0.4 is 5.32 Å². The van der Waals surface area contributed by atoms with Gasteiger partial charge in [-0.1, -0.05) is 29.4 Å². The fraction of sp³-hybridized carbons (Fsp3) is 0.286. The Morgan fingerprint density at radius 2 is 2.07 bits per heavy atom. The summed E-state index contributed by atoms with van der Waals surface area (Å²) in [6.45, 7) is 3.64. The van der Waals surface area contributed by atoms with E-state index in [9.17, 15) is 4.79 Å². The Morgan fingerprint density at radius 1 is 1.19 bits per heavy atom. The first-order chi connectivity index (χ1) is 13.3. The second-order valence-electron chi connectivity index (χ2n) is 6.72. The van der Waals surface area contributed by atoms with Crippen molar-refractivity contribution in [3.05, 3.63) is 71.7 Å². The molecule has 0 bridgehead atoms. The predicted octanol–water partition coefficient (Wildman–Crippen LogP) is 2.91. The van der Waals surface area contributed by atoms with Crippen LogP contribution in [0.3, 0.4) is 0 Å². The molecule has 0 atom stereocenters. The Labute approximate surface area is 158 Å². The van der Waals surface area contributed by atoms with Crippen LogP contribution in [-0.4, -0.2) is 40.6 Å². The van der Waals surface area contributed by atoms with Crippen LogP contribution in [0.2, 0.25) is 0 Å². The van der Waals surface area contributed by atoms with Gasteiger partial charge in [0, 0.05) is 50.2 Å². The predicted molar refractivity (Wildman–Crippen MR) is 102 cm³/mol. The average Bonchev–Trinajstić information content (AvgIpc) is 3.22. The molecule has 1 amide bonds. The minimum atomic E-state index is -0.210. The summed E-state index contributed by atoms with van der Waals surface area (Å²) < 4.78 is 5.25. The molecule has 3 aromatic rings. The van der Waals surface area contributed by atoms with Crippen molar-refractivity contribution in [1.29, 1.82) is 0 Å². The van der Waals surface area contributed by atoms with E-state index in [1.165, 1.54) is 11.1 Å². The summed E-state index contributed by atoms with van der Waals surface area (Å²) in [6.07, 6.45) is 5.37. The van der Waals surface area contributed by atoms with Crippen molar-refractivity contribution >= 4 is 5.91 Å². The summed E-state index contributed by atoms with van der Waals surface area (Å²) in [5.41, 5.74) is 3.96.